The molecule has 0 aliphatic heterocycles. The quantitative estimate of drug-likeness (QED) is 0.121. The lowest BCUT2D eigenvalue weighted by molar-refractivity contribution is 1.28. The van der Waals surface area contributed by atoms with E-state index < -0.39 is 0 Å². The topological polar surface area (TPSA) is 6.48 Å². The van der Waals surface area contributed by atoms with Gasteiger partial charge >= 0.3 is 0 Å². The van der Waals surface area contributed by atoms with Crippen LogP contribution < -0.4 is 9.80 Å². The molecule has 0 N–H and O–H groups in total. The van der Waals surface area contributed by atoms with Crippen LogP contribution in [0, 0.1) is 0 Å². The fourth-order valence-corrected chi connectivity index (χ4v) is 8.78. The Kier molecular flexibility index (Phi) is 10.5. The summed E-state index contributed by atoms with van der Waals surface area (Å²) in [7, 11) is 0. The predicted octanol–water partition coefficient (Wildman–Crippen LogP) is 18.6. The number of benzene rings is 11. The summed E-state index contributed by atoms with van der Waals surface area (Å²) >= 11 is 0. The molecule has 0 amide bonds. The zero-order valence-electron chi connectivity index (χ0n) is 41.3. The highest BCUT2D eigenvalue weighted by Crippen LogP contribution is 2.39. The maximum absolute atomic E-state index is 9.42. The highest BCUT2D eigenvalue weighted by molar-refractivity contribution is 5.83. The summed E-state index contributed by atoms with van der Waals surface area (Å²) in [5.74, 6) is 0. The molecule has 322 valence electrons. The normalized spacial score (nSPS) is 11.8. The summed E-state index contributed by atoms with van der Waals surface area (Å²) in [5.41, 5.74) is 16.7. The maximum atomic E-state index is 9.42. The first-order valence-corrected chi connectivity index (χ1v) is 22.9. The second-order valence-corrected chi connectivity index (χ2v) is 16.7. The molecule has 0 spiro atoms. The zero-order chi connectivity index (χ0) is 49.0. The molecule has 11 aromatic rings. The molecule has 0 saturated carbocycles. The Hall–Kier alpha value is -8.98. The molecule has 68 heavy (non-hydrogen) atoms. The number of para-hydroxylation sites is 2. The van der Waals surface area contributed by atoms with Crippen molar-refractivity contribution in [1.82, 2.24) is 0 Å². The molecule has 0 aromatic heterocycles. The Bertz CT molecular complexity index is 3560. The minimum atomic E-state index is -0.120. The van der Waals surface area contributed by atoms with E-state index in [1.54, 1.807) is 0 Å². The van der Waals surface area contributed by atoms with Crippen molar-refractivity contribution in [3.05, 3.63) is 291 Å². The van der Waals surface area contributed by atoms with Crippen molar-refractivity contribution in [1.29, 1.82) is 0 Å². The van der Waals surface area contributed by atoms with Crippen molar-refractivity contribution in [2.45, 2.75) is 0 Å². The number of anilines is 6. The molecule has 0 aliphatic carbocycles. The monoisotopic (exact) mass is 872 g/mol. The van der Waals surface area contributed by atoms with Gasteiger partial charge in [0.15, 0.2) is 0 Å². The predicted molar refractivity (Wildman–Crippen MR) is 288 cm³/mol. The number of hydrogen-bond donors (Lipinski definition) is 0. The van der Waals surface area contributed by atoms with Gasteiger partial charge in [-0.1, -0.05) is 218 Å². The van der Waals surface area contributed by atoms with Gasteiger partial charge in [0.05, 0.1) is 5.48 Å². The molecule has 0 atom stereocenters. The van der Waals surface area contributed by atoms with E-state index in [-0.39, 0.29) is 35.4 Å². The summed E-state index contributed by atoms with van der Waals surface area (Å²) in [6.07, 6.45) is 0. The second-order valence-electron chi connectivity index (χ2n) is 16.7. The second kappa shape index (κ2) is 19.2. The first kappa shape index (κ1) is 37.3. The molecule has 0 saturated heterocycles. The van der Waals surface area contributed by atoms with E-state index in [1.807, 2.05) is 114 Å². The van der Waals surface area contributed by atoms with Crippen molar-refractivity contribution in [3.8, 4) is 66.8 Å². The summed E-state index contributed by atoms with van der Waals surface area (Å²) in [4.78, 5) is 4.07. The Labute approximate surface area is 405 Å². The number of rotatable bonds is 12. The van der Waals surface area contributed by atoms with Crippen LogP contribution in [0.5, 0.6) is 0 Å². The van der Waals surface area contributed by atoms with Crippen LogP contribution in [0.4, 0.5) is 34.1 Å². The van der Waals surface area contributed by atoms with Crippen LogP contribution in [0.2, 0.25) is 0 Å². The van der Waals surface area contributed by atoms with Gasteiger partial charge in [-0.05, 0) is 140 Å². The van der Waals surface area contributed by atoms with Crippen LogP contribution in [0.25, 0.3) is 66.8 Å². The van der Waals surface area contributed by atoms with Crippen molar-refractivity contribution in [3.63, 3.8) is 0 Å². The van der Waals surface area contributed by atoms with Crippen LogP contribution in [-0.2, 0) is 0 Å². The zero-order valence-corrected chi connectivity index (χ0v) is 37.3. The molecule has 2 nitrogen and oxygen atoms in total. The Morgan fingerprint density at radius 1 is 0.162 bits per heavy atom. The third-order valence-electron chi connectivity index (χ3n) is 12.4. The molecular weight excluding hydrogens is 821 g/mol. The third kappa shape index (κ3) is 9.00. The highest BCUT2D eigenvalue weighted by atomic mass is 15.1. The fraction of sp³-hybridized carbons (Fsp3) is 0. The Balaban J connectivity index is 0.850. The van der Waals surface area contributed by atoms with E-state index in [2.05, 4.69) is 163 Å². The highest BCUT2D eigenvalue weighted by Gasteiger charge is 2.15. The van der Waals surface area contributed by atoms with Crippen molar-refractivity contribution >= 4 is 34.1 Å². The fourth-order valence-electron chi connectivity index (χ4n) is 8.78. The van der Waals surface area contributed by atoms with Crippen molar-refractivity contribution in [2.75, 3.05) is 9.80 Å². The molecule has 2 heteroatoms. The van der Waals surface area contributed by atoms with E-state index in [4.69, 9.17) is 0 Å². The first-order chi connectivity index (χ1) is 35.4. The van der Waals surface area contributed by atoms with Gasteiger partial charge in [0.2, 0.25) is 0 Å². The molecule has 0 heterocycles. The number of hydrogen-bond acceptors (Lipinski definition) is 2. The van der Waals surface area contributed by atoms with Crippen molar-refractivity contribution < 1.29 is 5.48 Å². The summed E-state index contributed by atoms with van der Waals surface area (Å²) in [6, 6.07) is 90.4. The Morgan fingerprint density at radius 2 is 0.353 bits per heavy atom. The lowest BCUT2D eigenvalue weighted by Gasteiger charge is -2.26. The van der Waals surface area contributed by atoms with Gasteiger partial charge in [-0.15, -0.1) is 0 Å². The molecule has 0 fully saturated rings. The summed E-state index contributed by atoms with van der Waals surface area (Å²) < 4.78 is 37.5. The van der Waals surface area contributed by atoms with Crippen LogP contribution in [0.3, 0.4) is 0 Å². The SMILES string of the molecule is [2H]c1c([2H])c(N(c2ccccc2)c2ccc(-c3ccc(-c4ccccc4)cc3)cc2)c([2H])c([2H])c1-c1ccc(-c2ccc(N(c3ccccc3)c3ccc(-c4ccc(-c5ccccc5)cc4)cc3)cc2)cc1. The third-order valence-corrected chi connectivity index (χ3v) is 12.4. The van der Waals surface area contributed by atoms with E-state index in [0.717, 1.165) is 72.9 Å². The minimum Gasteiger partial charge on any atom is -0.311 e. The molecule has 0 radical (unpaired) electrons. The average Bonchev–Trinajstić information content (AvgIpc) is 3.45. The van der Waals surface area contributed by atoms with Gasteiger partial charge in [-0.25, -0.2) is 0 Å². The van der Waals surface area contributed by atoms with E-state index in [0.29, 0.717) is 5.56 Å². The smallest absolute Gasteiger partial charge is 0.0645 e. The average molecular weight is 873 g/mol. The Morgan fingerprint density at radius 3 is 0.632 bits per heavy atom. The van der Waals surface area contributed by atoms with E-state index >= 15 is 0 Å². The van der Waals surface area contributed by atoms with Gasteiger partial charge in [0, 0.05) is 34.1 Å². The number of nitrogens with zero attached hydrogens (tertiary/aromatic N) is 2. The first-order valence-electron chi connectivity index (χ1n) is 24.9. The summed E-state index contributed by atoms with van der Waals surface area (Å²) in [5, 5.41) is 0. The van der Waals surface area contributed by atoms with Gasteiger partial charge in [0.1, 0.15) is 0 Å². The van der Waals surface area contributed by atoms with Crippen LogP contribution >= 0.6 is 0 Å². The van der Waals surface area contributed by atoms with E-state index in [1.165, 1.54) is 11.1 Å². The molecule has 0 unspecified atom stereocenters. The van der Waals surface area contributed by atoms with Crippen LogP contribution in [-0.4, -0.2) is 0 Å². The molecule has 0 aliphatic rings. The van der Waals surface area contributed by atoms with Crippen LogP contribution in [0.15, 0.2) is 291 Å². The van der Waals surface area contributed by atoms with Crippen molar-refractivity contribution in [2.24, 2.45) is 0 Å². The van der Waals surface area contributed by atoms with Gasteiger partial charge < -0.3 is 9.80 Å². The van der Waals surface area contributed by atoms with Gasteiger partial charge in [0.25, 0.3) is 0 Å². The summed E-state index contributed by atoms with van der Waals surface area (Å²) in [6.45, 7) is 0. The van der Waals surface area contributed by atoms with Gasteiger partial charge in [-0.3, -0.25) is 0 Å². The lowest BCUT2D eigenvalue weighted by Crippen LogP contribution is -2.09. The van der Waals surface area contributed by atoms with Crippen LogP contribution in [0.1, 0.15) is 5.48 Å². The maximum Gasteiger partial charge on any atom is 0.0645 e. The largest absolute Gasteiger partial charge is 0.311 e. The molecular formula is C66H48N2. The lowest BCUT2D eigenvalue weighted by atomic mass is 9.99. The van der Waals surface area contributed by atoms with Gasteiger partial charge in [-0.2, -0.15) is 0 Å². The molecule has 0 bridgehead atoms. The molecule has 11 aromatic carbocycles. The minimum absolute atomic E-state index is 0.103. The molecule has 11 rings (SSSR count). The van der Waals surface area contributed by atoms with E-state index in [9.17, 15) is 5.48 Å². The standard InChI is InChI=1S/C66H48N2/c1-5-13-49(14-6-1)51-21-25-53(26-22-51)57-33-41-63(42-34-57)67(61-17-9-3-10-18-61)65-45-37-59(38-46-65)55-29-31-56(32-30-55)60-39-47-66(48-40-60)68(62-19-11-4-12-20-62)64-43-35-58(36-44-64)54-27-23-52(24-28-54)50-15-7-2-8-16-50/h1-48H/i37D,38D,45D,46D.